The van der Waals surface area contributed by atoms with E-state index < -0.39 is 23.4 Å². The molecule has 1 unspecified atom stereocenters. The molecule has 1 aliphatic rings. The highest BCUT2D eigenvalue weighted by Gasteiger charge is 2.42. The summed E-state index contributed by atoms with van der Waals surface area (Å²) in [5.74, 6) is -2.07. The molecule has 0 spiro atoms. The predicted molar refractivity (Wildman–Crippen MR) is 93.7 cm³/mol. The first kappa shape index (κ1) is 17.2. The number of nitrogens with one attached hydrogen (secondary N) is 1. The maximum absolute atomic E-state index is 12.6. The predicted octanol–water partition coefficient (Wildman–Crippen LogP) is 3.26. The van der Waals surface area contributed by atoms with Crippen LogP contribution in [0.5, 0.6) is 0 Å². The summed E-state index contributed by atoms with van der Waals surface area (Å²) in [6, 6.07) is 10.9. The van der Waals surface area contributed by atoms with Crippen molar-refractivity contribution in [2.24, 2.45) is 0 Å². The molecule has 25 heavy (non-hydrogen) atoms. The number of carboxylic acid groups (broad SMARTS) is 1. The van der Waals surface area contributed by atoms with Gasteiger partial charge in [0.1, 0.15) is 0 Å². The van der Waals surface area contributed by atoms with Gasteiger partial charge in [-0.05, 0) is 55.0 Å². The van der Waals surface area contributed by atoms with Crippen molar-refractivity contribution < 1.29 is 24.2 Å². The van der Waals surface area contributed by atoms with Gasteiger partial charge in [0, 0.05) is 16.6 Å². The van der Waals surface area contributed by atoms with Gasteiger partial charge in [-0.1, -0.05) is 15.9 Å². The van der Waals surface area contributed by atoms with Crippen LogP contribution in [0.3, 0.4) is 0 Å². The van der Waals surface area contributed by atoms with Gasteiger partial charge < -0.3 is 15.2 Å². The number of ether oxygens (including phenoxy) is 1. The van der Waals surface area contributed by atoms with E-state index in [2.05, 4.69) is 21.2 Å². The number of halogens is 1. The van der Waals surface area contributed by atoms with E-state index in [-0.39, 0.29) is 12.0 Å². The standard InChI is InChI=1S/C18H14BrNO5/c1-18(9-11-8-12(19)4-7-14(11)16(23)25-18)17(24)20-13-5-2-10(3-6-13)15(21)22/h2-8H,9H2,1H3,(H,20,24)(H,21,22). The van der Waals surface area contributed by atoms with Crippen LogP contribution in [0.25, 0.3) is 0 Å². The Kier molecular flexibility index (Phi) is 4.34. The number of hydrogen-bond acceptors (Lipinski definition) is 4. The molecule has 2 aromatic carbocycles. The fourth-order valence-electron chi connectivity index (χ4n) is 2.65. The maximum Gasteiger partial charge on any atom is 0.339 e. The van der Waals surface area contributed by atoms with E-state index in [1.54, 1.807) is 25.1 Å². The zero-order valence-corrected chi connectivity index (χ0v) is 14.8. The zero-order chi connectivity index (χ0) is 18.2. The average molecular weight is 404 g/mol. The molecule has 2 aromatic rings. The van der Waals surface area contributed by atoms with Crippen LogP contribution in [-0.2, 0) is 16.0 Å². The minimum Gasteiger partial charge on any atom is -0.478 e. The van der Waals surface area contributed by atoms with Crippen molar-refractivity contribution in [3.63, 3.8) is 0 Å². The molecule has 0 fully saturated rings. The third-order valence-corrected chi connectivity index (χ3v) is 4.50. The van der Waals surface area contributed by atoms with Crippen LogP contribution in [0.2, 0.25) is 0 Å². The fraction of sp³-hybridized carbons (Fsp3) is 0.167. The van der Waals surface area contributed by atoms with Crippen molar-refractivity contribution in [2.75, 3.05) is 5.32 Å². The monoisotopic (exact) mass is 403 g/mol. The lowest BCUT2D eigenvalue weighted by Crippen LogP contribution is -2.48. The molecule has 6 nitrogen and oxygen atoms in total. The van der Waals surface area contributed by atoms with Crippen LogP contribution in [0.15, 0.2) is 46.9 Å². The van der Waals surface area contributed by atoms with Crippen LogP contribution in [0.1, 0.15) is 33.2 Å². The number of benzene rings is 2. The van der Waals surface area contributed by atoms with Gasteiger partial charge in [-0.2, -0.15) is 0 Å². The zero-order valence-electron chi connectivity index (χ0n) is 13.2. The van der Waals surface area contributed by atoms with E-state index in [0.717, 1.165) is 10.0 Å². The lowest BCUT2D eigenvalue weighted by molar-refractivity contribution is -0.134. The number of fused-ring (bicyclic) bond motifs is 1. The Morgan fingerprint density at radius 1 is 1.20 bits per heavy atom. The molecular formula is C18H14BrNO5. The van der Waals surface area contributed by atoms with Crippen molar-refractivity contribution in [1.29, 1.82) is 0 Å². The van der Waals surface area contributed by atoms with Crippen molar-refractivity contribution in [1.82, 2.24) is 0 Å². The molecule has 1 heterocycles. The first-order valence-electron chi connectivity index (χ1n) is 7.45. The number of hydrogen-bond donors (Lipinski definition) is 2. The van der Waals surface area contributed by atoms with Gasteiger partial charge in [0.25, 0.3) is 5.91 Å². The van der Waals surface area contributed by atoms with Gasteiger partial charge in [0.2, 0.25) is 0 Å². The van der Waals surface area contributed by atoms with E-state index >= 15 is 0 Å². The second-order valence-corrected chi connectivity index (χ2v) is 6.85. The van der Waals surface area contributed by atoms with Gasteiger partial charge in [-0.3, -0.25) is 4.79 Å². The third kappa shape index (κ3) is 3.41. The SMILES string of the molecule is CC1(C(=O)Nc2ccc(C(=O)O)cc2)Cc2cc(Br)ccc2C(=O)O1. The lowest BCUT2D eigenvalue weighted by Gasteiger charge is -2.33. The van der Waals surface area contributed by atoms with E-state index in [4.69, 9.17) is 9.84 Å². The summed E-state index contributed by atoms with van der Waals surface area (Å²) in [4.78, 5) is 35.7. The molecule has 0 saturated carbocycles. The summed E-state index contributed by atoms with van der Waals surface area (Å²) in [5, 5.41) is 11.6. The Balaban J connectivity index is 1.82. The molecule has 1 aliphatic heterocycles. The largest absolute Gasteiger partial charge is 0.478 e. The molecule has 3 rings (SSSR count). The number of aromatic carboxylic acids is 1. The molecule has 0 aliphatic carbocycles. The highest BCUT2D eigenvalue weighted by atomic mass is 79.9. The fourth-order valence-corrected chi connectivity index (χ4v) is 3.06. The molecule has 0 bridgehead atoms. The Labute approximate surface area is 151 Å². The summed E-state index contributed by atoms with van der Waals surface area (Å²) in [6.07, 6.45) is 0.243. The van der Waals surface area contributed by atoms with Crippen molar-refractivity contribution >= 4 is 39.5 Å². The molecule has 128 valence electrons. The Bertz CT molecular complexity index is 878. The summed E-state index contributed by atoms with van der Waals surface area (Å²) in [5.41, 5.74) is 0.360. The van der Waals surface area contributed by atoms with Crippen LogP contribution in [0, 0.1) is 0 Å². The van der Waals surface area contributed by atoms with Gasteiger partial charge in [0.05, 0.1) is 11.1 Å². The first-order chi connectivity index (χ1) is 11.8. The van der Waals surface area contributed by atoms with Gasteiger partial charge in [0.15, 0.2) is 5.60 Å². The topological polar surface area (TPSA) is 92.7 Å². The van der Waals surface area contributed by atoms with Gasteiger partial charge >= 0.3 is 11.9 Å². The number of carbonyl (C=O) groups excluding carboxylic acids is 2. The quantitative estimate of drug-likeness (QED) is 0.767. The summed E-state index contributed by atoms with van der Waals surface area (Å²) < 4.78 is 6.19. The highest BCUT2D eigenvalue weighted by molar-refractivity contribution is 9.10. The van der Waals surface area contributed by atoms with Crippen LogP contribution >= 0.6 is 15.9 Å². The third-order valence-electron chi connectivity index (χ3n) is 4.00. The molecule has 7 heteroatoms. The molecule has 0 saturated heterocycles. The molecule has 0 radical (unpaired) electrons. The number of cyclic esters (lactones) is 1. The van der Waals surface area contributed by atoms with Crippen molar-refractivity contribution in [3.05, 3.63) is 63.6 Å². The number of rotatable bonds is 3. The van der Waals surface area contributed by atoms with Crippen molar-refractivity contribution in [2.45, 2.75) is 18.9 Å². The minimum absolute atomic E-state index is 0.118. The minimum atomic E-state index is -1.35. The Morgan fingerprint density at radius 3 is 2.52 bits per heavy atom. The molecule has 1 atom stereocenters. The van der Waals surface area contributed by atoms with E-state index in [9.17, 15) is 14.4 Å². The van der Waals surface area contributed by atoms with E-state index in [1.807, 2.05) is 0 Å². The Morgan fingerprint density at radius 2 is 1.88 bits per heavy atom. The lowest BCUT2D eigenvalue weighted by atomic mass is 9.89. The summed E-state index contributed by atoms with van der Waals surface area (Å²) >= 11 is 3.36. The van der Waals surface area contributed by atoms with Crippen molar-refractivity contribution in [3.8, 4) is 0 Å². The highest BCUT2D eigenvalue weighted by Crippen LogP contribution is 2.31. The number of amides is 1. The Hall–Kier alpha value is -2.67. The summed E-state index contributed by atoms with van der Waals surface area (Å²) in [7, 11) is 0. The van der Waals surface area contributed by atoms with Gasteiger partial charge in [-0.25, -0.2) is 9.59 Å². The average Bonchev–Trinajstić information content (AvgIpc) is 2.54. The molecule has 2 N–H and O–H groups in total. The second kappa shape index (κ2) is 6.33. The number of anilines is 1. The molecule has 0 aromatic heterocycles. The summed E-state index contributed by atoms with van der Waals surface area (Å²) in [6.45, 7) is 1.55. The van der Waals surface area contributed by atoms with E-state index in [0.29, 0.717) is 11.3 Å². The molecular weight excluding hydrogens is 390 g/mol. The number of esters is 1. The number of carbonyl (C=O) groups is 3. The number of carboxylic acids is 1. The van der Waals surface area contributed by atoms with Crippen LogP contribution in [0.4, 0.5) is 5.69 Å². The maximum atomic E-state index is 12.6. The molecule has 1 amide bonds. The van der Waals surface area contributed by atoms with E-state index in [1.165, 1.54) is 24.3 Å². The first-order valence-corrected chi connectivity index (χ1v) is 8.24. The van der Waals surface area contributed by atoms with Crippen LogP contribution in [-0.4, -0.2) is 28.6 Å². The normalized spacial score (nSPS) is 18.9. The van der Waals surface area contributed by atoms with Crippen LogP contribution < -0.4 is 5.32 Å². The smallest absolute Gasteiger partial charge is 0.339 e. The second-order valence-electron chi connectivity index (χ2n) is 5.94. The van der Waals surface area contributed by atoms with Gasteiger partial charge in [-0.15, -0.1) is 0 Å².